The van der Waals surface area contributed by atoms with E-state index in [0.29, 0.717) is 5.02 Å². The average molecular weight is 278 g/mol. The zero-order valence-corrected chi connectivity index (χ0v) is 11.3. The maximum absolute atomic E-state index is 11.1. The number of aliphatic hydroxyl groups is 1. The third-order valence-electron chi connectivity index (χ3n) is 3.94. The normalized spacial score (nSPS) is 27.4. The lowest BCUT2D eigenvalue weighted by Crippen LogP contribution is -2.39. The van der Waals surface area contributed by atoms with Crippen LogP contribution in [0.15, 0.2) is 36.9 Å². The van der Waals surface area contributed by atoms with Gasteiger partial charge < -0.3 is 5.11 Å². The smallest absolute Gasteiger partial charge is 0.137 e. The summed E-state index contributed by atoms with van der Waals surface area (Å²) in [7, 11) is 0. The maximum atomic E-state index is 11.1. The topological polar surface area (TPSA) is 50.9 Å². The van der Waals surface area contributed by atoms with Gasteiger partial charge in [-0.25, -0.2) is 9.67 Å². The van der Waals surface area contributed by atoms with Crippen molar-refractivity contribution in [3.8, 4) is 0 Å². The first-order chi connectivity index (χ1) is 9.20. The van der Waals surface area contributed by atoms with E-state index in [9.17, 15) is 5.11 Å². The van der Waals surface area contributed by atoms with Crippen LogP contribution in [0.25, 0.3) is 0 Å². The largest absolute Gasteiger partial charge is 0.383 e. The Morgan fingerprint density at radius 3 is 2.74 bits per heavy atom. The van der Waals surface area contributed by atoms with Crippen LogP contribution in [0.2, 0.25) is 5.02 Å². The molecule has 1 saturated carbocycles. The minimum Gasteiger partial charge on any atom is -0.383 e. The summed E-state index contributed by atoms with van der Waals surface area (Å²) in [5.41, 5.74) is 0.00777. The van der Waals surface area contributed by atoms with Crippen molar-refractivity contribution in [3.63, 3.8) is 0 Å². The Labute approximate surface area is 117 Å². The fraction of sp³-hybridized carbons (Fsp3) is 0.429. The molecular weight excluding hydrogens is 262 g/mol. The summed E-state index contributed by atoms with van der Waals surface area (Å²) in [6, 6.07) is 7.38. The molecule has 1 aliphatic carbocycles. The Kier molecular flexibility index (Phi) is 3.29. The van der Waals surface area contributed by atoms with Gasteiger partial charge in [0.2, 0.25) is 0 Å². The first kappa shape index (κ1) is 12.6. The number of halogens is 1. The summed E-state index contributed by atoms with van der Waals surface area (Å²) in [6.45, 7) is 0. The number of aromatic nitrogens is 3. The molecule has 1 aliphatic rings. The molecule has 0 saturated heterocycles. The molecule has 1 fully saturated rings. The molecule has 0 amide bonds. The van der Waals surface area contributed by atoms with E-state index in [-0.39, 0.29) is 6.04 Å². The molecule has 1 aromatic carbocycles. The van der Waals surface area contributed by atoms with Crippen molar-refractivity contribution in [3.05, 3.63) is 47.5 Å². The van der Waals surface area contributed by atoms with Crippen molar-refractivity contribution in [2.75, 3.05) is 0 Å². The molecule has 1 N–H and O–H groups in total. The van der Waals surface area contributed by atoms with Gasteiger partial charge in [0.25, 0.3) is 0 Å². The molecule has 100 valence electrons. The van der Waals surface area contributed by atoms with Crippen LogP contribution in [0.1, 0.15) is 37.3 Å². The first-order valence-corrected chi connectivity index (χ1v) is 6.90. The molecule has 1 heterocycles. The second-order valence-electron chi connectivity index (χ2n) is 5.07. The van der Waals surface area contributed by atoms with E-state index in [1.165, 1.54) is 6.33 Å². The highest BCUT2D eigenvalue weighted by molar-refractivity contribution is 6.30. The molecule has 2 atom stereocenters. The Morgan fingerprint density at radius 2 is 2.05 bits per heavy atom. The summed E-state index contributed by atoms with van der Waals surface area (Å²) in [5.74, 6) is 0. The van der Waals surface area contributed by atoms with Crippen LogP contribution in [-0.2, 0) is 5.60 Å². The number of benzene rings is 1. The third kappa shape index (κ3) is 2.26. The van der Waals surface area contributed by atoms with Gasteiger partial charge in [0.1, 0.15) is 18.3 Å². The Morgan fingerprint density at radius 1 is 1.26 bits per heavy atom. The summed E-state index contributed by atoms with van der Waals surface area (Å²) in [5, 5.41) is 16.0. The predicted octanol–water partition coefficient (Wildman–Crippen LogP) is 2.93. The van der Waals surface area contributed by atoms with Crippen LogP contribution in [-0.4, -0.2) is 19.9 Å². The van der Waals surface area contributed by atoms with E-state index in [1.807, 2.05) is 24.3 Å². The van der Waals surface area contributed by atoms with E-state index in [0.717, 1.165) is 31.2 Å². The van der Waals surface area contributed by atoms with E-state index in [2.05, 4.69) is 10.1 Å². The molecule has 0 bridgehead atoms. The van der Waals surface area contributed by atoms with Gasteiger partial charge in [-0.2, -0.15) is 5.10 Å². The fourth-order valence-electron chi connectivity index (χ4n) is 2.94. The molecular formula is C14H16ClN3O. The quantitative estimate of drug-likeness (QED) is 0.918. The minimum absolute atomic E-state index is 0.0649. The van der Waals surface area contributed by atoms with Gasteiger partial charge in [-0.1, -0.05) is 36.6 Å². The highest BCUT2D eigenvalue weighted by Crippen LogP contribution is 2.44. The van der Waals surface area contributed by atoms with Gasteiger partial charge in [-0.05, 0) is 30.5 Å². The third-order valence-corrected chi connectivity index (χ3v) is 4.19. The van der Waals surface area contributed by atoms with E-state index < -0.39 is 5.60 Å². The van der Waals surface area contributed by atoms with Gasteiger partial charge in [-0.3, -0.25) is 0 Å². The van der Waals surface area contributed by atoms with Crippen LogP contribution in [0.4, 0.5) is 0 Å². The van der Waals surface area contributed by atoms with Crippen LogP contribution in [0, 0.1) is 0 Å². The van der Waals surface area contributed by atoms with Crippen LogP contribution in [0.3, 0.4) is 0 Å². The van der Waals surface area contributed by atoms with Gasteiger partial charge in [-0.15, -0.1) is 0 Å². The second kappa shape index (κ2) is 4.94. The highest BCUT2D eigenvalue weighted by Gasteiger charge is 2.42. The van der Waals surface area contributed by atoms with E-state index in [1.54, 1.807) is 11.0 Å². The van der Waals surface area contributed by atoms with Gasteiger partial charge in [0, 0.05) is 5.02 Å². The standard InChI is InChI=1S/C14H16ClN3O/c15-12-6-4-11(5-7-12)14(19)8-2-1-3-13(14)18-10-16-9-17-18/h4-7,9-10,13,19H,1-3,8H2/t13-,14-/m1/s1. The molecule has 0 aliphatic heterocycles. The Hall–Kier alpha value is -1.39. The maximum Gasteiger partial charge on any atom is 0.137 e. The van der Waals surface area contributed by atoms with Gasteiger partial charge in [0.15, 0.2) is 0 Å². The van der Waals surface area contributed by atoms with E-state index >= 15 is 0 Å². The number of nitrogens with zero attached hydrogens (tertiary/aromatic N) is 3. The van der Waals surface area contributed by atoms with Crippen molar-refractivity contribution < 1.29 is 5.11 Å². The molecule has 0 radical (unpaired) electrons. The zero-order valence-electron chi connectivity index (χ0n) is 10.5. The lowest BCUT2D eigenvalue weighted by atomic mass is 9.76. The molecule has 4 nitrogen and oxygen atoms in total. The number of rotatable bonds is 2. The van der Waals surface area contributed by atoms with Crippen molar-refractivity contribution in [1.82, 2.24) is 14.8 Å². The van der Waals surface area contributed by atoms with Crippen LogP contribution >= 0.6 is 11.6 Å². The second-order valence-corrected chi connectivity index (χ2v) is 5.50. The Balaban J connectivity index is 2.00. The molecule has 3 rings (SSSR count). The van der Waals surface area contributed by atoms with Gasteiger partial charge in [0.05, 0.1) is 6.04 Å². The number of hydrogen-bond donors (Lipinski definition) is 1. The van der Waals surface area contributed by atoms with E-state index in [4.69, 9.17) is 11.6 Å². The molecule has 0 spiro atoms. The van der Waals surface area contributed by atoms with Gasteiger partial charge >= 0.3 is 0 Å². The molecule has 5 heteroatoms. The highest BCUT2D eigenvalue weighted by atomic mass is 35.5. The first-order valence-electron chi connectivity index (χ1n) is 6.53. The number of hydrogen-bond acceptors (Lipinski definition) is 3. The van der Waals surface area contributed by atoms with Crippen LogP contribution in [0.5, 0.6) is 0 Å². The average Bonchev–Trinajstić information content (AvgIpc) is 2.93. The lowest BCUT2D eigenvalue weighted by molar-refractivity contribution is -0.0516. The SMILES string of the molecule is O[C@@]1(c2ccc(Cl)cc2)CCCC[C@H]1n1cncn1. The summed E-state index contributed by atoms with van der Waals surface area (Å²) >= 11 is 5.92. The summed E-state index contributed by atoms with van der Waals surface area (Å²) in [4.78, 5) is 3.99. The van der Waals surface area contributed by atoms with Crippen molar-refractivity contribution >= 4 is 11.6 Å². The molecule has 1 aromatic heterocycles. The summed E-state index contributed by atoms with van der Waals surface area (Å²) in [6.07, 6.45) is 6.94. The van der Waals surface area contributed by atoms with Crippen molar-refractivity contribution in [2.24, 2.45) is 0 Å². The molecule has 19 heavy (non-hydrogen) atoms. The lowest BCUT2D eigenvalue weighted by Gasteiger charge is -2.40. The molecule has 0 unspecified atom stereocenters. The van der Waals surface area contributed by atoms with Crippen molar-refractivity contribution in [1.29, 1.82) is 0 Å². The molecule has 2 aromatic rings. The Bertz CT molecular complexity index is 540. The monoisotopic (exact) mass is 277 g/mol. The minimum atomic E-state index is -0.892. The van der Waals surface area contributed by atoms with Crippen molar-refractivity contribution in [2.45, 2.75) is 37.3 Å². The van der Waals surface area contributed by atoms with Crippen LogP contribution < -0.4 is 0 Å². The predicted molar refractivity (Wildman–Crippen MR) is 72.9 cm³/mol. The summed E-state index contributed by atoms with van der Waals surface area (Å²) < 4.78 is 1.77. The fourth-order valence-corrected chi connectivity index (χ4v) is 3.07. The zero-order chi connectivity index (χ0) is 13.3.